The molecule has 0 unspecified atom stereocenters. The highest BCUT2D eigenvalue weighted by atomic mass is 15.1. The lowest BCUT2D eigenvalue weighted by Gasteiger charge is -2.27. The first-order valence-corrected chi connectivity index (χ1v) is 28.3. The van der Waals surface area contributed by atoms with Crippen molar-refractivity contribution in [1.29, 1.82) is 0 Å². The lowest BCUT2D eigenvalue weighted by molar-refractivity contribution is 0.444. The van der Waals surface area contributed by atoms with E-state index in [4.69, 9.17) is 0 Å². The molecule has 2 nitrogen and oxygen atoms in total. The van der Waals surface area contributed by atoms with Gasteiger partial charge in [0, 0.05) is 34.1 Å². The second-order valence-corrected chi connectivity index (χ2v) is 21.2. The summed E-state index contributed by atoms with van der Waals surface area (Å²) >= 11 is 0. The van der Waals surface area contributed by atoms with Gasteiger partial charge in [-0.15, -0.1) is 0 Å². The molecule has 0 N–H and O–H groups in total. The van der Waals surface area contributed by atoms with E-state index < -0.39 is 0 Å². The average molecular weight is 1030 g/mol. The fourth-order valence-corrected chi connectivity index (χ4v) is 11.7. The van der Waals surface area contributed by atoms with Crippen molar-refractivity contribution in [3.8, 4) is 77.9 Å². The Bertz CT molecular complexity index is 3800. The Balaban J connectivity index is 0.794. The summed E-state index contributed by atoms with van der Waals surface area (Å²) in [5.74, 6) is 0.672. The minimum absolute atomic E-state index is 0.672. The Morgan fingerprint density at radius 3 is 0.662 bits per heavy atom. The number of anilines is 6. The van der Waals surface area contributed by atoms with Crippen molar-refractivity contribution in [2.75, 3.05) is 9.80 Å². The molecule has 0 amide bonds. The number of hydrogen-bond donors (Lipinski definition) is 0. The minimum Gasteiger partial charge on any atom is -0.311 e. The molecule has 1 saturated carbocycles. The van der Waals surface area contributed by atoms with Gasteiger partial charge in [0.05, 0.1) is 0 Å². The Morgan fingerprint density at radius 1 is 0.188 bits per heavy atom. The van der Waals surface area contributed by atoms with Crippen LogP contribution < -0.4 is 9.80 Å². The van der Waals surface area contributed by atoms with Crippen molar-refractivity contribution in [2.45, 2.75) is 38.0 Å². The molecule has 0 saturated heterocycles. The molecular weight excluding hydrogens is 965 g/mol. The first-order chi connectivity index (χ1) is 39.6. The largest absolute Gasteiger partial charge is 0.311 e. The van der Waals surface area contributed by atoms with Gasteiger partial charge in [0.2, 0.25) is 0 Å². The van der Waals surface area contributed by atoms with Gasteiger partial charge < -0.3 is 9.80 Å². The molecule has 2 heteroatoms. The van der Waals surface area contributed by atoms with E-state index >= 15 is 0 Å². The summed E-state index contributed by atoms with van der Waals surface area (Å²) in [7, 11) is 0. The Hall–Kier alpha value is -9.76. The molecule has 12 aromatic carbocycles. The topological polar surface area (TPSA) is 6.48 Å². The van der Waals surface area contributed by atoms with Gasteiger partial charge in [-0.2, -0.15) is 0 Å². The van der Waals surface area contributed by atoms with Gasteiger partial charge in [-0.3, -0.25) is 0 Å². The number of nitrogens with zero attached hydrogens (tertiary/aromatic N) is 2. The van der Waals surface area contributed by atoms with Crippen LogP contribution in [0.25, 0.3) is 77.9 Å². The summed E-state index contributed by atoms with van der Waals surface area (Å²) in [4.78, 5) is 4.73. The first kappa shape index (κ1) is 49.8. The summed E-state index contributed by atoms with van der Waals surface area (Å²) in [6.07, 6.45) is 6.64. The molecule has 0 spiro atoms. The van der Waals surface area contributed by atoms with Crippen LogP contribution in [-0.2, 0) is 0 Å². The Labute approximate surface area is 472 Å². The van der Waals surface area contributed by atoms with E-state index in [1.807, 2.05) is 0 Å². The van der Waals surface area contributed by atoms with Gasteiger partial charge in [-0.1, -0.05) is 256 Å². The molecule has 384 valence electrons. The van der Waals surface area contributed by atoms with Crippen molar-refractivity contribution in [2.24, 2.45) is 0 Å². The van der Waals surface area contributed by atoms with Gasteiger partial charge in [-0.25, -0.2) is 0 Å². The molecule has 0 bridgehead atoms. The quantitative estimate of drug-likeness (QED) is 0.107. The third-order valence-corrected chi connectivity index (χ3v) is 16.1. The average Bonchev–Trinajstić information content (AvgIpc) is 3.56. The zero-order valence-corrected chi connectivity index (χ0v) is 45.0. The van der Waals surface area contributed by atoms with E-state index in [1.54, 1.807) is 0 Å². The zero-order valence-electron chi connectivity index (χ0n) is 45.0. The molecule has 1 fully saturated rings. The molecule has 1 aliphatic rings. The number of hydrogen-bond acceptors (Lipinski definition) is 2. The summed E-state index contributed by atoms with van der Waals surface area (Å²) in [6.45, 7) is 0. The predicted octanol–water partition coefficient (Wildman–Crippen LogP) is 22.3. The third kappa shape index (κ3) is 10.9. The highest BCUT2D eigenvalue weighted by Gasteiger charge is 2.19. The SMILES string of the molecule is c1ccc(-c2ccc(-c3ccc(N(c4ccc(-c5ccc(-c6ccccc6)cc5)cc4)c4ccc(-c5ccc(N(c6ccc(-c7ccccc7)cc6)c6ccc(-c7cccc(C8CCCCC8)c7)cc6)cc5)cc4)cc3)cc2)cc1. The van der Waals surface area contributed by atoms with Crippen molar-refractivity contribution >= 4 is 34.1 Å². The maximum Gasteiger partial charge on any atom is 0.0462 e. The van der Waals surface area contributed by atoms with Crippen LogP contribution in [0.2, 0.25) is 0 Å². The summed E-state index contributed by atoms with van der Waals surface area (Å²) in [6, 6.07) is 113. The van der Waals surface area contributed by atoms with Crippen LogP contribution in [0.15, 0.2) is 309 Å². The van der Waals surface area contributed by atoms with Crippen LogP contribution in [0.4, 0.5) is 34.1 Å². The monoisotopic (exact) mass is 1030 g/mol. The molecule has 0 atom stereocenters. The van der Waals surface area contributed by atoms with E-state index in [1.165, 1.54) is 104 Å². The standard InChI is InChI=1S/C78H62N2/c1-5-14-57(15-6-1)61-24-28-63(29-25-61)66-34-46-74(47-35-66)79(75-48-36-67(37-49-75)64-30-26-62(27-31-64)58-16-7-2-8-17-58)76-50-38-68(39-51-76)69-40-52-77(53-41-69)80(73-44-32-65(33-45-73)59-18-9-3-10-19-59)78-54-42-70(43-55-78)72-23-13-22-71(56-72)60-20-11-4-12-21-60/h1-3,5-10,13-19,22-56,60H,4,11-12,20-21H2. The summed E-state index contributed by atoms with van der Waals surface area (Å²) in [5, 5.41) is 0. The van der Waals surface area contributed by atoms with Crippen LogP contribution in [-0.4, -0.2) is 0 Å². The second-order valence-electron chi connectivity index (χ2n) is 21.2. The molecule has 13 rings (SSSR count). The van der Waals surface area contributed by atoms with E-state index in [0.717, 1.165) is 45.3 Å². The molecule has 0 radical (unpaired) electrons. The van der Waals surface area contributed by atoms with E-state index in [-0.39, 0.29) is 0 Å². The lowest BCUT2D eigenvalue weighted by atomic mass is 9.83. The normalized spacial score (nSPS) is 12.4. The first-order valence-electron chi connectivity index (χ1n) is 28.3. The van der Waals surface area contributed by atoms with E-state index in [2.05, 4.69) is 319 Å². The molecule has 0 aliphatic heterocycles. The molecule has 80 heavy (non-hydrogen) atoms. The maximum atomic E-state index is 2.43. The van der Waals surface area contributed by atoms with Crippen LogP contribution >= 0.6 is 0 Å². The molecule has 0 heterocycles. The van der Waals surface area contributed by atoms with Crippen LogP contribution in [0, 0.1) is 0 Å². The van der Waals surface area contributed by atoms with Crippen molar-refractivity contribution in [3.63, 3.8) is 0 Å². The lowest BCUT2D eigenvalue weighted by Crippen LogP contribution is -2.10. The second kappa shape index (κ2) is 23.1. The van der Waals surface area contributed by atoms with Crippen molar-refractivity contribution < 1.29 is 0 Å². The minimum atomic E-state index is 0.672. The fraction of sp³-hybridized carbons (Fsp3) is 0.0769. The Morgan fingerprint density at radius 2 is 0.400 bits per heavy atom. The van der Waals surface area contributed by atoms with Crippen molar-refractivity contribution in [3.05, 3.63) is 315 Å². The van der Waals surface area contributed by atoms with E-state index in [0.29, 0.717) is 5.92 Å². The Kier molecular flexibility index (Phi) is 14.4. The van der Waals surface area contributed by atoms with Crippen molar-refractivity contribution in [1.82, 2.24) is 0 Å². The number of benzene rings is 12. The van der Waals surface area contributed by atoms with Crippen LogP contribution in [0.3, 0.4) is 0 Å². The van der Waals surface area contributed by atoms with Crippen LogP contribution in [0.5, 0.6) is 0 Å². The van der Waals surface area contributed by atoms with Gasteiger partial charge in [-0.05, 0) is 175 Å². The summed E-state index contributed by atoms with van der Waals surface area (Å²) in [5.41, 5.74) is 24.9. The highest BCUT2D eigenvalue weighted by Crippen LogP contribution is 2.42. The van der Waals surface area contributed by atoms with Gasteiger partial charge >= 0.3 is 0 Å². The molecule has 0 aromatic heterocycles. The van der Waals surface area contributed by atoms with Gasteiger partial charge in [0.1, 0.15) is 0 Å². The zero-order chi connectivity index (χ0) is 53.5. The molecule has 12 aromatic rings. The third-order valence-electron chi connectivity index (χ3n) is 16.1. The smallest absolute Gasteiger partial charge is 0.0462 e. The highest BCUT2D eigenvalue weighted by molar-refractivity contribution is 5.84. The molecule has 1 aliphatic carbocycles. The number of rotatable bonds is 14. The van der Waals surface area contributed by atoms with Gasteiger partial charge in [0.15, 0.2) is 0 Å². The molecular formula is C78H62N2. The summed E-state index contributed by atoms with van der Waals surface area (Å²) < 4.78 is 0. The maximum absolute atomic E-state index is 2.43. The predicted molar refractivity (Wildman–Crippen MR) is 340 cm³/mol. The fourth-order valence-electron chi connectivity index (χ4n) is 11.7. The van der Waals surface area contributed by atoms with Crippen LogP contribution in [0.1, 0.15) is 43.6 Å². The van der Waals surface area contributed by atoms with E-state index in [9.17, 15) is 0 Å². The van der Waals surface area contributed by atoms with Gasteiger partial charge in [0.25, 0.3) is 0 Å².